The first-order valence-electron chi connectivity index (χ1n) is 8.79. The topological polar surface area (TPSA) is 84.9 Å². The number of hydrogen-bond acceptors (Lipinski definition) is 4. The fourth-order valence-electron chi connectivity index (χ4n) is 2.56. The highest BCUT2D eigenvalue weighted by Gasteiger charge is 2.13. The molecule has 0 bridgehead atoms. The summed E-state index contributed by atoms with van der Waals surface area (Å²) in [5.41, 5.74) is 0.751. The molecule has 29 heavy (non-hydrogen) atoms. The SMILES string of the molecule is COc1ccccc1Oc1ccc(C=C(NC(=O)c2ccccc2)C(=O)O)cc1. The molecule has 0 saturated heterocycles. The first-order chi connectivity index (χ1) is 14.1. The molecule has 6 heteroatoms. The molecule has 0 aliphatic rings. The molecule has 1 amide bonds. The summed E-state index contributed by atoms with van der Waals surface area (Å²) in [6, 6.07) is 22.5. The molecule has 0 aliphatic heterocycles. The number of benzene rings is 3. The van der Waals surface area contributed by atoms with Crippen molar-refractivity contribution >= 4 is 18.0 Å². The largest absolute Gasteiger partial charge is 0.493 e. The Balaban J connectivity index is 1.75. The second-order valence-electron chi connectivity index (χ2n) is 6.01. The van der Waals surface area contributed by atoms with Crippen LogP contribution >= 0.6 is 0 Å². The zero-order valence-electron chi connectivity index (χ0n) is 15.7. The van der Waals surface area contributed by atoms with E-state index in [9.17, 15) is 14.7 Å². The molecule has 2 N–H and O–H groups in total. The molecule has 146 valence electrons. The maximum Gasteiger partial charge on any atom is 0.352 e. The summed E-state index contributed by atoms with van der Waals surface area (Å²) in [5, 5.41) is 11.8. The number of aliphatic carboxylic acids is 1. The predicted molar refractivity (Wildman–Crippen MR) is 109 cm³/mol. The van der Waals surface area contributed by atoms with Crippen LogP contribution in [0.1, 0.15) is 15.9 Å². The van der Waals surface area contributed by atoms with Crippen LogP contribution in [0, 0.1) is 0 Å². The minimum atomic E-state index is -1.23. The number of carbonyl (C=O) groups is 2. The monoisotopic (exact) mass is 389 g/mol. The van der Waals surface area contributed by atoms with Crippen LogP contribution < -0.4 is 14.8 Å². The highest BCUT2D eigenvalue weighted by molar-refractivity contribution is 6.02. The first-order valence-corrected chi connectivity index (χ1v) is 8.79. The number of carboxylic acids is 1. The number of rotatable bonds is 7. The van der Waals surface area contributed by atoms with E-state index in [1.165, 1.54) is 6.08 Å². The summed E-state index contributed by atoms with van der Waals surface area (Å²) in [4.78, 5) is 23.7. The quantitative estimate of drug-likeness (QED) is 0.587. The van der Waals surface area contributed by atoms with Gasteiger partial charge in [-0.1, -0.05) is 42.5 Å². The Morgan fingerprint density at radius 3 is 2.10 bits per heavy atom. The van der Waals surface area contributed by atoms with Gasteiger partial charge in [-0.15, -0.1) is 0 Å². The second-order valence-corrected chi connectivity index (χ2v) is 6.01. The van der Waals surface area contributed by atoms with Crippen molar-refractivity contribution in [1.82, 2.24) is 5.32 Å². The van der Waals surface area contributed by atoms with Crippen molar-refractivity contribution < 1.29 is 24.2 Å². The number of nitrogens with one attached hydrogen (secondary N) is 1. The second kappa shape index (κ2) is 9.23. The van der Waals surface area contributed by atoms with Crippen LogP contribution in [-0.4, -0.2) is 24.1 Å². The Morgan fingerprint density at radius 1 is 0.862 bits per heavy atom. The summed E-state index contributed by atoms with van der Waals surface area (Å²) >= 11 is 0. The lowest BCUT2D eigenvalue weighted by atomic mass is 10.1. The van der Waals surface area contributed by atoms with Gasteiger partial charge in [-0.05, 0) is 48.0 Å². The molecule has 0 heterocycles. The Bertz CT molecular complexity index is 1030. The van der Waals surface area contributed by atoms with Crippen LogP contribution in [0.5, 0.6) is 17.2 Å². The molecule has 0 spiro atoms. The van der Waals surface area contributed by atoms with E-state index in [-0.39, 0.29) is 5.70 Å². The summed E-state index contributed by atoms with van der Waals surface area (Å²) in [6.45, 7) is 0. The van der Waals surface area contributed by atoms with Gasteiger partial charge in [0.15, 0.2) is 11.5 Å². The van der Waals surface area contributed by atoms with Crippen LogP contribution in [0.25, 0.3) is 6.08 Å². The highest BCUT2D eigenvalue weighted by Crippen LogP contribution is 2.31. The van der Waals surface area contributed by atoms with E-state index in [0.29, 0.717) is 28.4 Å². The van der Waals surface area contributed by atoms with E-state index in [0.717, 1.165) is 0 Å². The molecule has 0 radical (unpaired) electrons. The smallest absolute Gasteiger partial charge is 0.352 e. The number of hydrogen-bond donors (Lipinski definition) is 2. The van der Waals surface area contributed by atoms with Gasteiger partial charge in [0.05, 0.1) is 7.11 Å². The lowest BCUT2D eigenvalue weighted by Crippen LogP contribution is -2.27. The van der Waals surface area contributed by atoms with Crippen LogP contribution in [-0.2, 0) is 4.79 Å². The van der Waals surface area contributed by atoms with Gasteiger partial charge in [-0.3, -0.25) is 4.79 Å². The van der Waals surface area contributed by atoms with Crippen molar-refractivity contribution in [2.75, 3.05) is 7.11 Å². The average molecular weight is 389 g/mol. The molecule has 0 aromatic heterocycles. The van der Waals surface area contributed by atoms with Gasteiger partial charge >= 0.3 is 5.97 Å². The van der Waals surface area contributed by atoms with Gasteiger partial charge in [0.25, 0.3) is 5.91 Å². The minimum absolute atomic E-state index is 0.225. The Labute approximate surface area is 168 Å². The normalized spacial score (nSPS) is 10.9. The molecule has 0 unspecified atom stereocenters. The van der Waals surface area contributed by atoms with Gasteiger partial charge < -0.3 is 19.9 Å². The molecular weight excluding hydrogens is 370 g/mol. The fraction of sp³-hybridized carbons (Fsp3) is 0.0435. The number of amides is 1. The van der Waals surface area contributed by atoms with Crippen molar-refractivity contribution in [3.63, 3.8) is 0 Å². The number of methoxy groups -OCH3 is 1. The van der Waals surface area contributed by atoms with Gasteiger partial charge in [0.1, 0.15) is 11.4 Å². The standard InChI is InChI=1S/C23H19NO5/c1-28-20-9-5-6-10-21(20)29-18-13-11-16(12-14-18)15-19(23(26)27)24-22(25)17-7-3-2-4-8-17/h2-15H,1H3,(H,24,25)(H,26,27). The van der Waals surface area contributed by atoms with E-state index < -0.39 is 11.9 Å². The molecule has 0 atom stereocenters. The van der Waals surface area contributed by atoms with Crippen molar-refractivity contribution in [3.05, 3.63) is 95.7 Å². The van der Waals surface area contributed by atoms with E-state index in [1.54, 1.807) is 73.8 Å². The van der Waals surface area contributed by atoms with Crippen molar-refractivity contribution in [2.24, 2.45) is 0 Å². The van der Waals surface area contributed by atoms with Crippen LogP contribution in [0.4, 0.5) is 0 Å². The zero-order valence-corrected chi connectivity index (χ0v) is 15.7. The number of para-hydroxylation sites is 2. The number of carboxylic acid groups (broad SMARTS) is 1. The molecule has 0 saturated carbocycles. The number of ether oxygens (including phenoxy) is 2. The average Bonchev–Trinajstić information content (AvgIpc) is 2.75. The predicted octanol–water partition coefficient (Wildman–Crippen LogP) is 4.34. The maximum absolute atomic E-state index is 12.2. The molecular formula is C23H19NO5. The molecule has 0 aliphatic carbocycles. The lowest BCUT2D eigenvalue weighted by Gasteiger charge is -2.10. The lowest BCUT2D eigenvalue weighted by molar-refractivity contribution is -0.132. The van der Waals surface area contributed by atoms with Crippen LogP contribution in [0.3, 0.4) is 0 Å². The Hall–Kier alpha value is -4.06. The molecule has 3 rings (SSSR count). The third-order valence-corrected chi connectivity index (χ3v) is 4.00. The third-order valence-electron chi connectivity index (χ3n) is 4.00. The van der Waals surface area contributed by atoms with Gasteiger partial charge in [0, 0.05) is 5.56 Å². The number of carbonyl (C=O) groups excluding carboxylic acids is 1. The Morgan fingerprint density at radius 2 is 1.48 bits per heavy atom. The first kappa shape index (κ1) is 19.7. The summed E-state index contributed by atoms with van der Waals surface area (Å²) in [7, 11) is 1.56. The van der Waals surface area contributed by atoms with Crippen LogP contribution in [0.15, 0.2) is 84.6 Å². The summed E-state index contributed by atoms with van der Waals surface area (Å²) < 4.78 is 11.1. The van der Waals surface area contributed by atoms with Gasteiger partial charge in [-0.25, -0.2) is 4.79 Å². The van der Waals surface area contributed by atoms with Crippen molar-refractivity contribution in [2.45, 2.75) is 0 Å². The van der Waals surface area contributed by atoms with Crippen LogP contribution in [0.2, 0.25) is 0 Å². The van der Waals surface area contributed by atoms with E-state index in [2.05, 4.69) is 5.32 Å². The summed E-state index contributed by atoms with van der Waals surface area (Å²) in [5.74, 6) is 0.0174. The molecule has 3 aromatic carbocycles. The molecule has 0 fully saturated rings. The van der Waals surface area contributed by atoms with E-state index >= 15 is 0 Å². The zero-order chi connectivity index (χ0) is 20.6. The highest BCUT2D eigenvalue weighted by atomic mass is 16.5. The maximum atomic E-state index is 12.2. The molecule has 3 aromatic rings. The third kappa shape index (κ3) is 5.23. The summed E-state index contributed by atoms with van der Waals surface area (Å²) in [6.07, 6.45) is 1.38. The van der Waals surface area contributed by atoms with Gasteiger partial charge in [-0.2, -0.15) is 0 Å². The fourth-order valence-corrected chi connectivity index (χ4v) is 2.56. The van der Waals surface area contributed by atoms with Crippen molar-refractivity contribution in [3.8, 4) is 17.2 Å². The van der Waals surface area contributed by atoms with Crippen molar-refractivity contribution in [1.29, 1.82) is 0 Å². The molecule has 6 nitrogen and oxygen atoms in total. The van der Waals surface area contributed by atoms with Gasteiger partial charge in [0.2, 0.25) is 0 Å². The van der Waals surface area contributed by atoms with E-state index in [4.69, 9.17) is 9.47 Å². The van der Waals surface area contributed by atoms with E-state index in [1.807, 2.05) is 12.1 Å². The minimum Gasteiger partial charge on any atom is -0.493 e. The Kier molecular flexibility index (Phi) is 6.27.